The molecule has 186 valence electrons. The van der Waals surface area contributed by atoms with Crippen LogP contribution in [0, 0.1) is 12.8 Å². The first-order valence-corrected chi connectivity index (χ1v) is 13.1. The van der Waals surface area contributed by atoms with Gasteiger partial charge in [0.15, 0.2) is 0 Å². The Morgan fingerprint density at radius 2 is 1.89 bits per heavy atom. The Morgan fingerprint density at radius 3 is 2.57 bits per heavy atom. The summed E-state index contributed by atoms with van der Waals surface area (Å²) in [5.74, 6) is 0.926. The van der Waals surface area contributed by atoms with Gasteiger partial charge in [0.05, 0.1) is 24.0 Å². The third kappa shape index (κ3) is 5.71. The number of rotatable bonds is 8. The fraction of sp³-hybridized carbons (Fsp3) is 0.400. The summed E-state index contributed by atoms with van der Waals surface area (Å²) in [6.45, 7) is 5.11. The average molecular weight is 499 g/mol. The zero-order valence-corrected chi connectivity index (χ0v) is 21.0. The minimum absolute atomic E-state index is 0.143. The maximum absolute atomic E-state index is 13.1. The number of nitrogens with zero attached hydrogens (tertiary/aromatic N) is 4. The molecule has 3 aromatic rings. The summed E-state index contributed by atoms with van der Waals surface area (Å²) >= 11 is 0. The molecule has 1 atom stereocenters. The van der Waals surface area contributed by atoms with Crippen molar-refractivity contribution >= 4 is 15.9 Å². The average Bonchev–Trinajstić information content (AvgIpc) is 3.33. The summed E-state index contributed by atoms with van der Waals surface area (Å²) in [5, 5.41) is 4.02. The van der Waals surface area contributed by atoms with Gasteiger partial charge in [-0.25, -0.2) is 8.42 Å². The molecule has 35 heavy (non-hydrogen) atoms. The van der Waals surface area contributed by atoms with Crippen LogP contribution < -0.4 is 4.74 Å². The van der Waals surface area contributed by atoms with Gasteiger partial charge in [-0.15, -0.1) is 0 Å². The van der Waals surface area contributed by atoms with Crippen molar-refractivity contribution in [1.29, 1.82) is 0 Å². The molecule has 0 radical (unpaired) electrons. The van der Waals surface area contributed by atoms with Gasteiger partial charge >= 0.3 is 0 Å². The Bertz CT molecular complexity index is 1260. The van der Waals surface area contributed by atoms with Gasteiger partial charge in [-0.2, -0.15) is 9.29 Å². The lowest BCUT2D eigenvalue weighted by molar-refractivity contribution is -0.136. The van der Waals surface area contributed by atoms with Crippen LogP contribution in [0.4, 0.5) is 0 Å². The van der Waals surface area contributed by atoms with Crippen molar-refractivity contribution in [2.45, 2.75) is 38.1 Å². The van der Waals surface area contributed by atoms with Gasteiger partial charge in [0, 0.05) is 25.7 Å². The molecule has 0 unspecified atom stereocenters. The Labute approximate surface area is 205 Å². The molecule has 4 rings (SSSR count). The largest absolute Gasteiger partial charge is 0.494 e. The Morgan fingerprint density at radius 1 is 1.17 bits per heavy atom. The number of ether oxygens (including phenoxy) is 1. The molecule has 9 nitrogen and oxygen atoms in total. The van der Waals surface area contributed by atoms with Crippen molar-refractivity contribution in [2.24, 2.45) is 5.92 Å². The van der Waals surface area contributed by atoms with Gasteiger partial charge < -0.3 is 14.2 Å². The summed E-state index contributed by atoms with van der Waals surface area (Å²) in [4.78, 5) is 19.3. The molecule has 2 aromatic carbocycles. The van der Waals surface area contributed by atoms with E-state index in [1.165, 1.54) is 9.21 Å². The molecule has 0 aliphatic carbocycles. The van der Waals surface area contributed by atoms with Gasteiger partial charge in [0.25, 0.3) is 0 Å². The molecule has 0 bridgehead atoms. The smallest absolute Gasteiger partial charge is 0.246 e. The van der Waals surface area contributed by atoms with Crippen LogP contribution in [0.2, 0.25) is 0 Å². The topological polar surface area (TPSA) is 106 Å². The molecular weight excluding hydrogens is 468 g/mol. The highest BCUT2D eigenvalue weighted by Crippen LogP contribution is 2.26. The lowest BCUT2D eigenvalue weighted by Gasteiger charge is -2.33. The minimum atomic E-state index is -3.65. The standard InChI is InChI=1S/C25H30N4O5S/c1-4-33-21-11-9-19(10-12-21)24-26-23(34-27-24)17-28(3)25(30)20-6-5-15-29(16-20)35(31,32)22-13-7-18(2)8-14-22/h7-14,20H,4-6,15-17H2,1-3H3/t20-/m1/s1. The Kier molecular flexibility index (Phi) is 7.51. The number of carbonyl (C=O) groups is 1. The van der Waals surface area contributed by atoms with Crippen LogP contribution >= 0.6 is 0 Å². The maximum Gasteiger partial charge on any atom is 0.246 e. The molecule has 1 amide bonds. The molecule has 1 aliphatic rings. The molecular formula is C25H30N4O5S. The summed E-state index contributed by atoms with van der Waals surface area (Å²) in [7, 11) is -1.99. The van der Waals surface area contributed by atoms with E-state index in [0.29, 0.717) is 37.7 Å². The van der Waals surface area contributed by atoms with Crippen LogP contribution in [0.25, 0.3) is 11.4 Å². The summed E-state index contributed by atoms with van der Waals surface area (Å²) in [5.41, 5.74) is 1.77. The Balaban J connectivity index is 1.39. The molecule has 1 saturated heterocycles. The van der Waals surface area contributed by atoms with E-state index in [2.05, 4.69) is 10.1 Å². The molecule has 1 fully saturated rings. The molecule has 0 N–H and O–H groups in total. The third-order valence-corrected chi connectivity index (χ3v) is 7.91. The lowest BCUT2D eigenvalue weighted by atomic mass is 9.98. The normalized spacial score (nSPS) is 16.7. The van der Waals surface area contributed by atoms with Gasteiger partial charge in [-0.1, -0.05) is 22.9 Å². The van der Waals surface area contributed by atoms with Gasteiger partial charge in [-0.3, -0.25) is 4.79 Å². The molecule has 10 heteroatoms. The molecule has 1 aromatic heterocycles. The first kappa shape index (κ1) is 24.9. The van der Waals surface area contributed by atoms with Crippen LogP contribution in [0.15, 0.2) is 57.9 Å². The molecule has 0 spiro atoms. The quantitative estimate of drug-likeness (QED) is 0.468. The second-order valence-corrected chi connectivity index (χ2v) is 10.6. The van der Waals surface area contributed by atoms with Crippen molar-refractivity contribution in [3.05, 3.63) is 60.0 Å². The van der Waals surface area contributed by atoms with Crippen molar-refractivity contribution in [3.63, 3.8) is 0 Å². The van der Waals surface area contributed by atoms with Gasteiger partial charge in [0.2, 0.25) is 27.6 Å². The number of benzene rings is 2. The minimum Gasteiger partial charge on any atom is -0.494 e. The third-order valence-electron chi connectivity index (χ3n) is 6.03. The van der Waals surface area contributed by atoms with Crippen molar-refractivity contribution in [3.8, 4) is 17.1 Å². The summed E-state index contributed by atoms with van der Waals surface area (Å²) < 4.78 is 38.4. The maximum atomic E-state index is 13.1. The van der Waals surface area contributed by atoms with Gasteiger partial charge in [0.1, 0.15) is 5.75 Å². The second-order valence-electron chi connectivity index (χ2n) is 8.68. The van der Waals surface area contributed by atoms with E-state index in [9.17, 15) is 13.2 Å². The van der Waals surface area contributed by atoms with E-state index in [0.717, 1.165) is 16.9 Å². The summed E-state index contributed by atoms with van der Waals surface area (Å²) in [6.07, 6.45) is 1.25. The van der Waals surface area contributed by atoms with Crippen LogP contribution in [0.3, 0.4) is 0 Å². The number of hydrogen-bond donors (Lipinski definition) is 0. The lowest BCUT2D eigenvalue weighted by Crippen LogP contribution is -2.45. The van der Waals surface area contributed by atoms with E-state index in [4.69, 9.17) is 9.26 Å². The summed E-state index contributed by atoms with van der Waals surface area (Å²) in [6, 6.07) is 14.1. The first-order chi connectivity index (χ1) is 16.8. The Hall–Kier alpha value is -3.24. The highest BCUT2D eigenvalue weighted by molar-refractivity contribution is 7.89. The zero-order valence-electron chi connectivity index (χ0n) is 20.2. The fourth-order valence-corrected chi connectivity index (χ4v) is 5.64. The van der Waals surface area contributed by atoms with E-state index < -0.39 is 15.9 Å². The first-order valence-electron chi connectivity index (χ1n) is 11.7. The monoisotopic (exact) mass is 498 g/mol. The van der Waals surface area contributed by atoms with E-state index in [1.54, 1.807) is 31.3 Å². The number of sulfonamides is 1. The van der Waals surface area contributed by atoms with E-state index in [1.807, 2.05) is 38.1 Å². The number of carbonyl (C=O) groups excluding carboxylic acids is 1. The van der Waals surface area contributed by atoms with Crippen molar-refractivity contribution in [2.75, 3.05) is 26.7 Å². The zero-order chi connectivity index (χ0) is 25.0. The molecule has 1 aliphatic heterocycles. The van der Waals surface area contributed by atoms with E-state index in [-0.39, 0.29) is 23.9 Å². The van der Waals surface area contributed by atoms with Crippen LogP contribution in [-0.2, 0) is 21.4 Å². The second kappa shape index (κ2) is 10.6. The number of hydrogen-bond acceptors (Lipinski definition) is 7. The number of amides is 1. The van der Waals surface area contributed by atoms with Crippen LogP contribution in [0.5, 0.6) is 5.75 Å². The SMILES string of the molecule is CCOc1ccc(-c2noc(CN(C)C(=O)[C@@H]3CCCN(S(=O)(=O)c4ccc(C)cc4)C3)n2)cc1. The number of piperidine rings is 1. The fourth-order valence-electron chi connectivity index (χ4n) is 4.12. The van der Waals surface area contributed by atoms with Crippen molar-refractivity contribution in [1.82, 2.24) is 19.3 Å². The van der Waals surface area contributed by atoms with Crippen LogP contribution in [0.1, 0.15) is 31.2 Å². The highest BCUT2D eigenvalue weighted by Gasteiger charge is 2.34. The highest BCUT2D eigenvalue weighted by atomic mass is 32.2. The predicted molar refractivity (Wildman–Crippen MR) is 130 cm³/mol. The number of aromatic nitrogens is 2. The van der Waals surface area contributed by atoms with E-state index >= 15 is 0 Å². The van der Waals surface area contributed by atoms with Crippen molar-refractivity contribution < 1.29 is 22.5 Å². The molecule has 2 heterocycles. The number of aryl methyl sites for hydroxylation is 1. The van der Waals surface area contributed by atoms with Gasteiger partial charge in [-0.05, 0) is 63.1 Å². The predicted octanol–water partition coefficient (Wildman–Crippen LogP) is 3.50. The molecule has 0 saturated carbocycles. The van der Waals surface area contributed by atoms with Crippen LogP contribution in [-0.4, -0.2) is 60.4 Å².